The molecule has 158 valence electrons. The van der Waals surface area contributed by atoms with Gasteiger partial charge in [-0.2, -0.15) is 5.26 Å². The second-order valence-electron chi connectivity index (χ2n) is 6.90. The number of carbonyl (C=O) groups excluding carboxylic acids is 2. The molecular formula is C21H24N4O3S2. The van der Waals surface area contributed by atoms with E-state index in [9.17, 15) is 14.9 Å². The second kappa shape index (κ2) is 10.5. The van der Waals surface area contributed by atoms with Crippen LogP contribution in [0.2, 0.25) is 0 Å². The number of thioether (sulfide) groups is 1. The van der Waals surface area contributed by atoms with Crippen LogP contribution in [0.1, 0.15) is 55.6 Å². The lowest BCUT2D eigenvalue weighted by molar-refractivity contribution is -0.142. The van der Waals surface area contributed by atoms with Crippen molar-refractivity contribution in [2.24, 2.45) is 0 Å². The van der Waals surface area contributed by atoms with E-state index in [0.29, 0.717) is 34.4 Å². The third-order valence-electron chi connectivity index (χ3n) is 4.72. The molecule has 1 unspecified atom stereocenters. The summed E-state index contributed by atoms with van der Waals surface area (Å²) < 4.78 is 4.92. The molecule has 0 aromatic carbocycles. The standard InChI is InChI=1S/C21H24N4O3S2/c1-3-17(19(27)25-21-23-15(12-29-21)10-18(26)28-4-2)30-20-14(11-22)9-13-7-5-6-8-16(13)24-20/h9,12,17H,3-8,10H2,1-2H3,(H,23,25,27). The number of aromatic nitrogens is 2. The number of thiazole rings is 1. The van der Waals surface area contributed by atoms with Crippen LogP contribution in [0, 0.1) is 11.3 Å². The van der Waals surface area contributed by atoms with Gasteiger partial charge in [-0.3, -0.25) is 9.59 Å². The molecule has 0 saturated carbocycles. The minimum absolute atomic E-state index is 0.0801. The van der Waals surface area contributed by atoms with Gasteiger partial charge in [0, 0.05) is 11.1 Å². The van der Waals surface area contributed by atoms with Crippen molar-refractivity contribution in [3.63, 3.8) is 0 Å². The minimum atomic E-state index is -0.399. The maximum Gasteiger partial charge on any atom is 0.311 e. The molecule has 30 heavy (non-hydrogen) atoms. The zero-order chi connectivity index (χ0) is 21.5. The van der Waals surface area contributed by atoms with Crippen LogP contribution in [0.5, 0.6) is 0 Å². The summed E-state index contributed by atoms with van der Waals surface area (Å²) in [5.41, 5.74) is 3.29. The second-order valence-corrected chi connectivity index (χ2v) is 8.95. The first kappa shape index (κ1) is 22.2. The summed E-state index contributed by atoms with van der Waals surface area (Å²) in [5.74, 6) is -0.534. The van der Waals surface area contributed by atoms with Crippen LogP contribution >= 0.6 is 23.1 Å². The number of fused-ring (bicyclic) bond motifs is 1. The van der Waals surface area contributed by atoms with Crippen LogP contribution in [-0.4, -0.2) is 33.7 Å². The van der Waals surface area contributed by atoms with Crippen LogP contribution in [0.4, 0.5) is 5.13 Å². The number of hydrogen-bond acceptors (Lipinski definition) is 8. The van der Waals surface area contributed by atoms with Crippen molar-refractivity contribution in [2.45, 2.75) is 62.6 Å². The molecule has 0 saturated heterocycles. The summed E-state index contributed by atoms with van der Waals surface area (Å²) in [6.07, 6.45) is 4.76. The maximum absolute atomic E-state index is 12.8. The van der Waals surface area contributed by atoms with Crippen molar-refractivity contribution in [1.29, 1.82) is 5.26 Å². The lowest BCUT2D eigenvalue weighted by atomic mass is 9.95. The average Bonchev–Trinajstić information content (AvgIpc) is 3.17. The van der Waals surface area contributed by atoms with Crippen LogP contribution in [-0.2, 0) is 33.6 Å². The van der Waals surface area contributed by atoms with Gasteiger partial charge in [-0.25, -0.2) is 9.97 Å². The molecule has 0 aliphatic heterocycles. The highest BCUT2D eigenvalue weighted by atomic mass is 32.2. The van der Waals surface area contributed by atoms with Gasteiger partial charge in [0.1, 0.15) is 11.1 Å². The topological polar surface area (TPSA) is 105 Å². The van der Waals surface area contributed by atoms with E-state index in [1.165, 1.54) is 23.1 Å². The van der Waals surface area contributed by atoms with Gasteiger partial charge in [0.15, 0.2) is 5.13 Å². The van der Waals surface area contributed by atoms with Crippen LogP contribution < -0.4 is 5.32 Å². The molecule has 9 heteroatoms. The zero-order valence-corrected chi connectivity index (χ0v) is 18.7. The summed E-state index contributed by atoms with van der Waals surface area (Å²) in [6, 6.07) is 4.15. The normalized spacial score (nSPS) is 13.8. The Balaban J connectivity index is 1.68. The van der Waals surface area contributed by atoms with Crippen molar-refractivity contribution in [1.82, 2.24) is 9.97 Å². The number of ether oxygens (including phenoxy) is 1. The van der Waals surface area contributed by atoms with E-state index < -0.39 is 5.25 Å². The Hall–Kier alpha value is -2.44. The molecule has 2 aromatic heterocycles. The lowest BCUT2D eigenvalue weighted by Crippen LogP contribution is -2.25. The highest BCUT2D eigenvalue weighted by Gasteiger charge is 2.23. The Kier molecular flexibility index (Phi) is 7.82. The Labute approximate surface area is 184 Å². The molecule has 2 heterocycles. The molecule has 0 radical (unpaired) electrons. The largest absolute Gasteiger partial charge is 0.466 e. The molecule has 0 fully saturated rings. The van der Waals surface area contributed by atoms with E-state index in [1.54, 1.807) is 12.3 Å². The predicted molar refractivity (Wildman–Crippen MR) is 117 cm³/mol. The maximum atomic E-state index is 12.8. The number of pyridine rings is 1. The van der Waals surface area contributed by atoms with Gasteiger partial charge >= 0.3 is 5.97 Å². The van der Waals surface area contributed by atoms with E-state index in [0.717, 1.165) is 36.9 Å². The summed E-state index contributed by atoms with van der Waals surface area (Å²) in [7, 11) is 0. The number of nitrogens with one attached hydrogen (secondary N) is 1. The van der Waals surface area contributed by atoms with Gasteiger partial charge in [-0.15, -0.1) is 11.3 Å². The van der Waals surface area contributed by atoms with Gasteiger partial charge in [0.25, 0.3) is 0 Å². The number of carbonyl (C=O) groups is 2. The van der Waals surface area contributed by atoms with Crippen LogP contribution in [0.15, 0.2) is 16.5 Å². The van der Waals surface area contributed by atoms with Crippen molar-refractivity contribution < 1.29 is 14.3 Å². The van der Waals surface area contributed by atoms with Crippen molar-refractivity contribution >= 4 is 40.1 Å². The lowest BCUT2D eigenvalue weighted by Gasteiger charge is -2.18. The first-order chi connectivity index (χ1) is 14.5. The molecule has 3 rings (SSSR count). The summed E-state index contributed by atoms with van der Waals surface area (Å²) in [4.78, 5) is 33.4. The third kappa shape index (κ3) is 5.58. The molecule has 1 N–H and O–H groups in total. The quantitative estimate of drug-likeness (QED) is 0.486. The van der Waals surface area contributed by atoms with Crippen molar-refractivity contribution in [3.05, 3.63) is 34.0 Å². The van der Waals surface area contributed by atoms with Crippen LogP contribution in [0.25, 0.3) is 0 Å². The Morgan fingerprint density at radius 2 is 2.13 bits per heavy atom. The fourth-order valence-corrected chi connectivity index (χ4v) is 4.94. The Morgan fingerprint density at radius 3 is 2.87 bits per heavy atom. The number of rotatable bonds is 8. The summed E-state index contributed by atoms with van der Waals surface area (Å²) in [6.45, 7) is 4.00. The molecule has 1 aliphatic rings. The molecular weight excluding hydrogens is 420 g/mol. The predicted octanol–water partition coefficient (Wildman–Crippen LogP) is 3.90. The fraction of sp³-hybridized carbons (Fsp3) is 0.476. The smallest absolute Gasteiger partial charge is 0.311 e. The van der Waals surface area contributed by atoms with E-state index in [1.807, 2.05) is 13.0 Å². The highest BCUT2D eigenvalue weighted by molar-refractivity contribution is 8.00. The van der Waals surface area contributed by atoms with Crippen molar-refractivity contribution in [2.75, 3.05) is 11.9 Å². The molecule has 1 atom stereocenters. The number of nitriles is 1. The van der Waals surface area contributed by atoms with Gasteiger partial charge in [-0.05, 0) is 50.7 Å². The van der Waals surface area contributed by atoms with Gasteiger partial charge in [-0.1, -0.05) is 18.7 Å². The molecule has 2 aromatic rings. The van der Waals surface area contributed by atoms with Crippen LogP contribution in [0.3, 0.4) is 0 Å². The number of hydrogen-bond donors (Lipinski definition) is 1. The molecule has 0 bridgehead atoms. The van der Waals surface area contributed by atoms with Crippen molar-refractivity contribution in [3.8, 4) is 6.07 Å². The van der Waals surface area contributed by atoms with E-state index in [-0.39, 0.29) is 18.3 Å². The molecule has 7 nitrogen and oxygen atoms in total. The molecule has 1 amide bonds. The third-order valence-corrected chi connectivity index (χ3v) is 6.89. The van der Waals surface area contributed by atoms with E-state index >= 15 is 0 Å². The van der Waals surface area contributed by atoms with E-state index in [4.69, 9.17) is 9.72 Å². The summed E-state index contributed by atoms with van der Waals surface area (Å²) >= 11 is 2.59. The average molecular weight is 445 g/mol. The molecule has 1 aliphatic carbocycles. The first-order valence-electron chi connectivity index (χ1n) is 10.0. The highest BCUT2D eigenvalue weighted by Crippen LogP contribution is 2.31. The zero-order valence-electron chi connectivity index (χ0n) is 17.1. The van der Waals surface area contributed by atoms with Gasteiger partial charge in [0.2, 0.25) is 5.91 Å². The number of esters is 1. The van der Waals surface area contributed by atoms with Gasteiger partial charge in [0.05, 0.1) is 29.5 Å². The SMILES string of the molecule is CCOC(=O)Cc1csc(NC(=O)C(CC)Sc2nc3c(cc2C#N)CCCC3)n1. The monoisotopic (exact) mass is 444 g/mol. The number of anilines is 1. The first-order valence-corrected chi connectivity index (χ1v) is 11.8. The number of aryl methyl sites for hydroxylation is 2. The number of amides is 1. The molecule has 0 spiro atoms. The Morgan fingerprint density at radius 1 is 1.33 bits per heavy atom. The van der Waals surface area contributed by atoms with E-state index in [2.05, 4.69) is 16.4 Å². The fourth-order valence-electron chi connectivity index (χ4n) is 3.23. The number of nitrogens with zero attached hydrogens (tertiary/aromatic N) is 3. The Bertz CT molecular complexity index is 968. The minimum Gasteiger partial charge on any atom is -0.466 e. The summed E-state index contributed by atoms with van der Waals surface area (Å²) in [5, 5.41) is 14.8. The van der Waals surface area contributed by atoms with Gasteiger partial charge < -0.3 is 10.1 Å².